The zero-order valence-electron chi connectivity index (χ0n) is 10.8. The van der Waals surface area contributed by atoms with Crippen molar-refractivity contribution in [3.8, 4) is 0 Å². The zero-order chi connectivity index (χ0) is 13.0. The topological polar surface area (TPSA) is 52.4 Å². The molecule has 1 rings (SSSR count). The van der Waals surface area contributed by atoms with Gasteiger partial charge >= 0.3 is 0 Å². The number of nitrogens with zero attached hydrogens (tertiary/aromatic N) is 1. The third-order valence-electron chi connectivity index (χ3n) is 2.54. The Morgan fingerprint density at radius 1 is 1.29 bits per heavy atom. The molecule has 17 heavy (non-hydrogen) atoms. The number of nitro benzene ring substituents is 1. The van der Waals surface area contributed by atoms with Crippen LogP contribution in [0.1, 0.15) is 44.7 Å². The molecule has 0 atom stereocenters. The third kappa shape index (κ3) is 3.82. The molecule has 0 aliphatic heterocycles. The van der Waals surface area contributed by atoms with E-state index >= 15 is 0 Å². The van der Waals surface area contributed by atoms with Crippen molar-refractivity contribution in [2.24, 2.45) is 0 Å². The molecule has 1 aromatic rings. The van der Waals surface area contributed by atoms with Crippen LogP contribution >= 0.6 is 0 Å². The molecule has 94 valence electrons. The van der Waals surface area contributed by atoms with Crippen LogP contribution in [0.25, 0.3) is 0 Å². The summed E-state index contributed by atoms with van der Waals surface area (Å²) < 4.78 is 5.41. The molecule has 0 aliphatic carbocycles. The van der Waals surface area contributed by atoms with Crippen LogP contribution in [-0.2, 0) is 11.3 Å². The van der Waals surface area contributed by atoms with Crippen molar-refractivity contribution in [1.82, 2.24) is 0 Å². The van der Waals surface area contributed by atoms with Crippen molar-refractivity contribution < 1.29 is 9.66 Å². The molecule has 0 saturated heterocycles. The van der Waals surface area contributed by atoms with E-state index in [1.54, 1.807) is 12.1 Å². The standard InChI is InChI=1S/C13H19NO3/c1-9(2)11-5-6-12(8-17-10(3)4)13(7-11)14(15)16/h5-7,9-10H,8H2,1-4H3. The minimum absolute atomic E-state index is 0.0689. The Labute approximate surface area is 102 Å². The number of rotatable bonds is 5. The van der Waals surface area contributed by atoms with E-state index in [1.165, 1.54) is 0 Å². The number of hydrogen-bond donors (Lipinski definition) is 0. The Kier molecular flexibility index (Phi) is 4.63. The Morgan fingerprint density at radius 2 is 1.94 bits per heavy atom. The summed E-state index contributed by atoms with van der Waals surface area (Å²) in [4.78, 5) is 10.6. The first-order valence-corrected chi connectivity index (χ1v) is 5.80. The van der Waals surface area contributed by atoms with Gasteiger partial charge in [0.2, 0.25) is 0 Å². The van der Waals surface area contributed by atoms with Crippen LogP contribution in [0, 0.1) is 10.1 Å². The Morgan fingerprint density at radius 3 is 2.41 bits per heavy atom. The number of benzene rings is 1. The molecule has 0 spiro atoms. The average molecular weight is 237 g/mol. The summed E-state index contributed by atoms with van der Waals surface area (Å²) in [5, 5.41) is 11.0. The maximum Gasteiger partial charge on any atom is 0.275 e. The van der Waals surface area contributed by atoms with Crippen LogP contribution in [0.2, 0.25) is 0 Å². The van der Waals surface area contributed by atoms with Crippen LogP contribution in [-0.4, -0.2) is 11.0 Å². The van der Waals surface area contributed by atoms with E-state index in [1.807, 2.05) is 33.8 Å². The van der Waals surface area contributed by atoms with Crippen molar-refractivity contribution in [2.75, 3.05) is 0 Å². The summed E-state index contributed by atoms with van der Waals surface area (Å²) in [6.45, 7) is 8.14. The monoisotopic (exact) mass is 237 g/mol. The van der Waals surface area contributed by atoms with E-state index in [2.05, 4.69) is 0 Å². The molecule has 0 radical (unpaired) electrons. The summed E-state index contributed by atoms with van der Waals surface area (Å²) >= 11 is 0. The second kappa shape index (κ2) is 5.77. The van der Waals surface area contributed by atoms with Gasteiger partial charge in [-0.2, -0.15) is 0 Å². The molecule has 0 bridgehead atoms. The predicted octanol–water partition coefficient (Wildman–Crippen LogP) is 3.64. The van der Waals surface area contributed by atoms with Crippen molar-refractivity contribution >= 4 is 5.69 Å². The van der Waals surface area contributed by atoms with Gasteiger partial charge in [0.1, 0.15) is 0 Å². The lowest BCUT2D eigenvalue weighted by Gasteiger charge is -2.10. The predicted molar refractivity (Wildman–Crippen MR) is 67.1 cm³/mol. The van der Waals surface area contributed by atoms with Gasteiger partial charge in [0.15, 0.2) is 0 Å². The fraction of sp³-hybridized carbons (Fsp3) is 0.538. The van der Waals surface area contributed by atoms with Crippen molar-refractivity contribution in [3.05, 3.63) is 39.4 Å². The van der Waals surface area contributed by atoms with Gasteiger partial charge < -0.3 is 4.74 Å². The van der Waals surface area contributed by atoms with Crippen LogP contribution in [0.15, 0.2) is 18.2 Å². The molecule has 0 amide bonds. The summed E-state index contributed by atoms with van der Waals surface area (Å²) in [5.41, 5.74) is 1.76. The molecular formula is C13H19NO3. The van der Waals surface area contributed by atoms with Crippen molar-refractivity contribution in [3.63, 3.8) is 0 Å². The smallest absolute Gasteiger partial charge is 0.275 e. The first-order chi connectivity index (χ1) is 7.91. The summed E-state index contributed by atoms with van der Waals surface area (Å²) in [6, 6.07) is 5.36. The van der Waals surface area contributed by atoms with E-state index in [0.717, 1.165) is 5.56 Å². The minimum atomic E-state index is -0.342. The lowest BCUT2D eigenvalue weighted by atomic mass is 10.0. The van der Waals surface area contributed by atoms with E-state index in [4.69, 9.17) is 4.74 Å². The van der Waals surface area contributed by atoms with Gasteiger partial charge in [-0.1, -0.05) is 19.9 Å². The van der Waals surface area contributed by atoms with Gasteiger partial charge in [-0.15, -0.1) is 0 Å². The van der Waals surface area contributed by atoms with E-state index in [-0.39, 0.29) is 29.2 Å². The number of nitro groups is 1. The van der Waals surface area contributed by atoms with Crippen molar-refractivity contribution in [2.45, 2.75) is 46.3 Å². The van der Waals surface area contributed by atoms with E-state index in [0.29, 0.717) is 5.56 Å². The molecule has 1 aromatic carbocycles. The quantitative estimate of drug-likeness (QED) is 0.580. The maximum absolute atomic E-state index is 11.0. The molecular weight excluding hydrogens is 218 g/mol. The van der Waals surface area contributed by atoms with Crippen LogP contribution < -0.4 is 0 Å². The first kappa shape index (κ1) is 13.6. The minimum Gasteiger partial charge on any atom is -0.374 e. The van der Waals surface area contributed by atoms with Gasteiger partial charge in [0.25, 0.3) is 5.69 Å². The molecule has 0 aromatic heterocycles. The average Bonchev–Trinajstić information content (AvgIpc) is 2.25. The van der Waals surface area contributed by atoms with Crippen molar-refractivity contribution in [1.29, 1.82) is 0 Å². The highest BCUT2D eigenvalue weighted by Crippen LogP contribution is 2.25. The fourth-order valence-corrected chi connectivity index (χ4v) is 1.49. The highest BCUT2D eigenvalue weighted by atomic mass is 16.6. The first-order valence-electron chi connectivity index (χ1n) is 5.80. The molecule has 0 N–H and O–H groups in total. The second-order valence-corrected chi connectivity index (χ2v) is 4.66. The Bertz CT molecular complexity index is 400. The molecule has 0 saturated carbocycles. The molecule has 4 nitrogen and oxygen atoms in total. The van der Waals surface area contributed by atoms with Gasteiger partial charge in [-0.05, 0) is 31.4 Å². The van der Waals surface area contributed by atoms with E-state index < -0.39 is 0 Å². The summed E-state index contributed by atoms with van der Waals surface area (Å²) in [6.07, 6.45) is 0.0689. The van der Waals surface area contributed by atoms with Gasteiger partial charge in [0.05, 0.1) is 23.2 Å². The molecule has 0 heterocycles. The van der Waals surface area contributed by atoms with E-state index in [9.17, 15) is 10.1 Å². The SMILES string of the molecule is CC(C)OCc1ccc(C(C)C)cc1[N+](=O)[O-]. The number of hydrogen-bond acceptors (Lipinski definition) is 3. The molecule has 0 fully saturated rings. The maximum atomic E-state index is 11.0. The summed E-state index contributed by atoms with van der Waals surface area (Å²) in [7, 11) is 0. The zero-order valence-corrected chi connectivity index (χ0v) is 10.8. The third-order valence-corrected chi connectivity index (χ3v) is 2.54. The fourth-order valence-electron chi connectivity index (χ4n) is 1.49. The number of ether oxygens (including phenoxy) is 1. The Hall–Kier alpha value is -1.42. The normalized spacial score (nSPS) is 11.2. The Balaban J connectivity index is 3.00. The molecule has 0 unspecified atom stereocenters. The lowest BCUT2D eigenvalue weighted by molar-refractivity contribution is -0.386. The summed E-state index contributed by atoms with van der Waals surface area (Å²) in [5.74, 6) is 0.286. The van der Waals surface area contributed by atoms with Gasteiger partial charge in [-0.25, -0.2) is 0 Å². The van der Waals surface area contributed by atoms with Crippen LogP contribution in [0.3, 0.4) is 0 Å². The largest absolute Gasteiger partial charge is 0.374 e. The highest BCUT2D eigenvalue weighted by Gasteiger charge is 2.16. The van der Waals surface area contributed by atoms with Crippen LogP contribution in [0.4, 0.5) is 5.69 Å². The lowest BCUT2D eigenvalue weighted by Crippen LogP contribution is -2.05. The van der Waals surface area contributed by atoms with Crippen LogP contribution in [0.5, 0.6) is 0 Å². The second-order valence-electron chi connectivity index (χ2n) is 4.66. The molecule has 4 heteroatoms. The van der Waals surface area contributed by atoms with Gasteiger partial charge in [-0.3, -0.25) is 10.1 Å². The molecule has 0 aliphatic rings. The highest BCUT2D eigenvalue weighted by molar-refractivity contribution is 5.43. The van der Waals surface area contributed by atoms with Gasteiger partial charge in [0, 0.05) is 6.07 Å².